The summed E-state index contributed by atoms with van der Waals surface area (Å²) in [6, 6.07) is 2.27. The van der Waals surface area contributed by atoms with E-state index in [1.54, 1.807) is 6.07 Å². The average molecular weight is 320 g/mol. The largest absolute Gasteiger partial charge is 0.351 e. The zero-order valence-corrected chi connectivity index (χ0v) is 13.7. The predicted octanol–water partition coefficient (Wildman–Crippen LogP) is 3.05. The SMILES string of the molecule is O=C(NCCC(=O)N1CCCC2CCCCC21)c1ccsc1. The molecule has 2 amide bonds. The summed E-state index contributed by atoms with van der Waals surface area (Å²) in [5.41, 5.74) is 0.683. The number of carbonyl (C=O) groups is 2. The Balaban J connectivity index is 1.48. The van der Waals surface area contributed by atoms with E-state index in [1.807, 2.05) is 10.8 Å². The topological polar surface area (TPSA) is 49.4 Å². The van der Waals surface area contributed by atoms with E-state index in [0.29, 0.717) is 30.5 Å². The summed E-state index contributed by atoms with van der Waals surface area (Å²) in [7, 11) is 0. The number of hydrogen-bond acceptors (Lipinski definition) is 3. The molecule has 3 rings (SSSR count). The van der Waals surface area contributed by atoms with Gasteiger partial charge in [0.2, 0.25) is 5.91 Å². The van der Waals surface area contributed by atoms with E-state index in [9.17, 15) is 9.59 Å². The van der Waals surface area contributed by atoms with Crippen molar-refractivity contribution in [3.8, 4) is 0 Å². The van der Waals surface area contributed by atoms with Crippen LogP contribution >= 0.6 is 11.3 Å². The highest BCUT2D eigenvalue weighted by Crippen LogP contribution is 2.35. The van der Waals surface area contributed by atoms with E-state index in [1.165, 1.54) is 37.0 Å². The van der Waals surface area contributed by atoms with Crippen LogP contribution in [-0.2, 0) is 4.79 Å². The molecule has 2 atom stereocenters. The fourth-order valence-corrected chi connectivity index (χ4v) is 4.49. The highest BCUT2D eigenvalue weighted by atomic mass is 32.1. The molecule has 1 aromatic heterocycles. The third-order valence-corrected chi connectivity index (χ3v) is 5.65. The summed E-state index contributed by atoms with van der Waals surface area (Å²) >= 11 is 1.51. The number of carbonyl (C=O) groups excluding carboxylic acids is 2. The van der Waals surface area contributed by atoms with Crippen molar-refractivity contribution >= 4 is 23.2 Å². The smallest absolute Gasteiger partial charge is 0.252 e. The van der Waals surface area contributed by atoms with Gasteiger partial charge in [-0.05, 0) is 43.0 Å². The van der Waals surface area contributed by atoms with Crippen LogP contribution in [0.25, 0.3) is 0 Å². The van der Waals surface area contributed by atoms with E-state index in [-0.39, 0.29) is 11.8 Å². The van der Waals surface area contributed by atoms with Crippen LogP contribution in [0, 0.1) is 5.92 Å². The van der Waals surface area contributed by atoms with Crippen molar-refractivity contribution in [1.29, 1.82) is 0 Å². The van der Waals surface area contributed by atoms with Crippen molar-refractivity contribution < 1.29 is 9.59 Å². The molecule has 1 aliphatic heterocycles. The first-order valence-corrected chi connectivity index (χ1v) is 9.30. The minimum absolute atomic E-state index is 0.0803. The molecule has 1 aliphatic carbocycles. The minimum Gasteiger partial charge on any atom is -0.351 e. The van der Waals surface area contributed by atoms with Crippen molar-refractivity contribution in [2.24, 2.45) is 5.92 Å². The molecule has 1 saturated heterocycles. The number of amides is 2. The Labute approximate surface area is 135 Å². The van der Waals surface area contributed by atoms with Crippen molar-refractivity contribution in [3.05, 3.63) is 22.4 Å². The van der Waals surface area contributed by atoms with E-state index in [0.717, 1.165) is 19.4 Å². The first kappa shape index (κ1) is 15.5. The quantitative estimate of drug-likeness (QED) is 0.927. The van der Waals surface area contributed by atoms with Crippen LogP contribution in [0.2, 0.25) is 0 Å². The summed E-state index contributed by atoms with van der Waals surface area (Å²) < 4.78 is 0. The molecule has 4 nitrogen and oxygen atoms in total. The van der Waals surface area contributed by atoms with Crippen LogP contribution in [0.4, 0.5) is 0 Å². The van der Waals surface area contributed by atoms with Crippen molar-refractivity contribution in [2.45, 2.75) is 51.0 Å². The molecular formula is C17H24N2O2S. The van der Waals surface area contributed by atoms with E-state index < -0.39 is 0 Å². The molecule has 2 unspecified atom stereocenters. The second-order valence-corrected chi connectivity index (χ2v) is 7.14. The second-order valence-electron chi connectivity index (χ2n) is 6.36. The number of thiophene rings is 1. The summed E-state index contributed by atoms with van der Waals surface area (Å²) in [6.07, 6.45) is 7.84. The molecule has 22 heavy (non-hydrogen) atoms. The number of piperidine rings is 1. The van der Waals surface area contributed by atoms with Gasteiger partial charge in [-0.3, -0.25) is 9.59 Å². The molecule has 0 aromatic carbocycles. The summed E-state index contributed by atoms with van der Waals surface area (Å²) in [4.78, 5) is 26.5. The number of likely N-dealkylation sites (tertiary alicyclic amines) is 1. The highest BCUT2D eigenvalue weighted by molar-refractivity contribution is 7.08. The third kappa shape index (κ3) is 3.51. The molecule has 0 radical (unpaired) electrons. The van der Waals surface area contributed by atoms with Crippen LogP contribution in [0.1, 0.15) is 55.3 Å². The standard InChI is InChI=1S/C17H24N2O2S/c20-16(7-9-18-17(21)14-8-11-22-12-14)19-10-3-5-13-4-1-2-6-15(13)19/h8,11-13,15H,1-7,9-10H2,(H,18,21). The highest BCUT2D eigenvalue weighted by Gasteiger charge is 2.35. The summed E-state index contributed by atoms with van der Waals surface area (Å²) in [6.45, 7) is 1.33. The Hall–Kier alpha value is -1.36. The number of fused-ring (bicyclic) bond motifs is 1. The lowest BCUT2D eigenvalue weighted by atomic mass is 9.78. The van der Waals surface area contributed by atoms with E-state index in [4.69, 9.17) is 0 Å². The third-order valence-electron chi connectivity index (χ3n) is 4.97. The van der Waals surface area contributed by atoms with Gasteiger partial charge in [0, 0.05) is 36.5 Å². The Morgan fingerprint density at radius 2 is 2.05 bits per heavy atom. The minimum atomic E-state index is -0.0803. The molecule has 120 valence electrons. The second kappa shape index (κ2) is 7.27. The molecule has 0 bridgehead atoms. The van der Waals surface area contributed by atoms with Crippen molar-refractivity contribution in [3.63, 3.8) is 0 Å². The molecule has 2 aliphatic rings. The number of rotatable bonds is 4. The molecule has 5 heteroatoms. The molecular weight excluding hydrogens is 296 g/mol. The molecule has 1 aromatic rings. The Bertz CT molecular complexity index is 513. The molecule has 1 N–H and O–H groups in total. The Kier molecular flexibility index (Phi) is 5.13. The maximum absolute atomic E-state index is 12.5. The summed E-state index contributed by atoms with van der Waals surface area (Å²) in [5, 5.41) is 6.56. The number of hydrogen-bond donors (Lipinski definition) is 1. The predicted molar refractivity (Wildman–Crippen MR) is 88.0 cm³/mol. The molecule has 1 saturated carbocycles. The average Bonchev–Trinajstić information content (AvgIpc) is 3.08. The van der Waals surface area contributed by atoms with Gasteiger partial charge in [0.25, 0.3) is 5.91 Å². The molecule has 2 heterocycles. The van der Waals surface area contributed by atoms with Crippen LogP contribution in [0.15, 0.2) is 16.8 Å². The lowest BCUT2D eigenvalue weighted by molar-refractivity contribution is -0.137. The van der Waals surface area contributed by atoms with Crippen LogP contribution in [0.3, 0.4) is 0 Å². The van der Waals surface area contributed by atoms with Gasteiger partial charge in [0.05, 0.1) is 0 Å². The van der Waals surface area contributed by atoms with E-state index >= 15 is 0 Å². The maximum Gasteiger partial charge on any atom is 0.252 e. The molecule has 2 fully saturated rings. The number of nitrogens with one attached hydrogen (secondary N) is 1. The van der Waals surface area contributed by atoms with Gasteiger partial charge in [0.15, 0.2) is 0 Å². The van der Waals surface area contributed by atoms with Gasteiger partial charge in [-0.1, -0.05) is 12.8 Å². The molecule has 0 spiro atoms. The van der Waals surface area contributed by atoms with Crippen LogP contribution < -0.4 is 5.32 Å². The van der Waals surface area contributed by atoms with Gasteiger partial charge in [-0.15, -0.1) is 0 Å². The maximum atomic E-state index is 12.5. The number of nitrogens with zero attached hydrogens (tertiary/aromatic N) is 1. The lowest BCUT2D eigenvalue weighted by Crippen LogP contribution is -2.50. The van der Waals surface area contributed by atoms with Crippen molar-refractivity contribution in [1.82, 2.24) is 10.2 Å². The Morgan fingerprint density at radius 1 is 1.23 bits per heavy atom. The fourth-order valence-electron chi connectivity index (χ4n) is 3.86. The first-order valence-electron chi connectivity index (χ1n) is 8.35. The first-order chi connectivity index (χ1) is 10.8. The summed E-state index contributed by atoms with van der Waals surface area (Å²) in [5.74, 6) is 0.845. The fraction of sp³-hybridized carbons (Fsp3) is 0.647. The Morgan fingerprint density at radius 3 is 2.86 bits per heavy atom. The zero-order valence-electron chi connectivity index (χ0n) is 12.9. The van der Waals surface area contributed by atoms with Crippen LogP contribution in [-0.4, -0.2) is 35.8 Å². The van der Waals surface area contributed by atoms with Crippen molar-refractivity contribution in [2.75, 3.05) is 13.1 Å². The van der Waals surface area contributed by atoms with Gasteiger partial charge in [-0.2, -0.15) is 11.3 Å². The zero-order chi connectivity index (χ0) is 15.4. The monoisotopic (exact) mass is 320 g/mol. The normalized spacial score (nSPS) is 24.6. The van der Waals surface area contributed by atoms with E-state index in [2.05, 4.69) is 10.2 Å². The van der Waals surface area contributed by atoms with Gasteiger partial charge in [-0.25, -0.2) is 0 Å². The van der Waals surface area contributed by atoms with Gasteiger partial charge >= 0.3 is 0 Å². The van der Waals surface area contributed by atoms with Gasteiger partial charge < -0.3 is 10.2 Å². The van der Waals surface area contributed by atoms with Gasteiger partial charge in [0.1, 0.15) is 0 Å². The lowest BCUT2D eigenvalue weighted by Gasteiger charge is -2.44. The van der Waals surface area contributed by atoms with Crippen LogP contribution in [0.5, 0.6) is 0 Å².